The summed E-state index contributed by atoms with van der Waals surface area (Å²) < 4.78 is 22.1. The van der Waals surface area contributed by atoms with Crippen molar-refractivity contribution in [3.63, 3.8) is 0 Å². The lowest BCUT2D eigenvalue weighted by Crippen LogP contribution is -2.27. The number of carbonyl (C=O) groups excluding carboxylic acids is 1. The van der Waals surface area contributed by atoms with Gasteiger partial charge in [-0.3, -0.25) is 5.32 Å². The lowest BCUT2D eigenvalue weighted by molar-refractivity contribution is 0.122. The number of anilines is 2. The summed E-state index contributed by atoms with van der Waals surface area (Å²) in [6.07, 6.45) is 1.58. The van der Waals surface area contributed by atoms with E-state index in [9.17, 15) is 4.79 Å². The van der Waals surface area contributed by atoms with Gasteiger partial charge >= 0.3 is 6.09 Å². The number of aromatic nitrogens is 2. The normalized spacial score (nSPS) is 15.5. The maximum Gasteiger partial charge on any atom is 0.411 e. The monoisotopic (exact) mass is 452 g/mol. The summed E-state index contributed by atoms with van der Waals surface area (Å²) in [5.74, 6) is 2.74. The zero-order chi connectivity index (χ0) is 23.4. The van der Waals surface area contributed by atoms with Gasteiger partial charge in [-0.2, -0.15) is 0 Å². The second-order valence-electron chi connectivity index (χ2n) is 8.00. The molecule has 9 nitrogen and oxygen atoms in total. The number of methoxy groups -OCH3 is 2. The molecule has 0 spiro atoms. The van der Waals surface area contributed by atoms with Crippen molar-refractivity contribution in [3.8, 4) is 17.2 Å². The Hall–Kier alpha value is -3.75. The molecule has 1 unspecified atom stereocenters. The number of hydrogen-bond donors (Lipinski definition) is 1. The average molecular weight is 453 g/mol. The molecule has 1 atom stereocenters. The fraction of sp³-hybridized carbons (Fsp3) is 0.375. The summed E-state index contributed by atoms with van der Waals surface area (Å²) >= 11 is 0. The first kappa shape index (κ1) is 22.4. The van der Waals surface area contributed by atoms with Crippen molar-refractivity contribution in [2.45, 2.75) is 32.5 Å². The van der Waals surface area contributed by atoms with Gasteiger partial charge in [0.1, 0.15) is 24.0 Å². The van der Waals surface area contributed by atoms with Gasteiger partial charge in [-0.15, -0.1) is 0 Å². The van der Waals surface area contributed by atoms with Crippen LogP contribution in [0.5, 0.6) is 17.2 Å². The second-order valence-corrected chi connectivity index (χ2v) is 8.00. The molecule has 2 aromatic carbocycles. The van der Waals surface area contributed by atoms with Crippen LogP contribution in [-0.4, -0.2) is 55.6 Å². The first-order chi connectivity index (χ1) is 16.0. The molecule has 1 aliphatic heterocycles. The van der Waals surface area contributed by atoms with Crippen molar-refractivity contribution >= 4 is 28.5 Å². The molecule has 33 heavy (non-hydrogen) atoms. The number of ether oxygens (including phenoxy) is 4. The van der Waals surface area contributed by atoms with E-state index in [0.29, 0.717) is 36.7 Å². The standard InChI is InChI=1S/C24H28N4O5/c1-15(2)32-17-7-5-16(6-8-17)27-24(29)33-18-9-10-28(13-18)23-19-11-21(30-3)22(31-4)12-20(19)25-14-26-23/h5-8,11-12,14-15,18H,9-10,13H2,1-4H3,(H,27,29). The van der Waals surface area contributed by atoms with Gasteiger partial charge in [0.05, 0.1) is 32.4 Å². The van der Waals surface area contributed by atoms with Crippen molar-refractivity contribution in [1.82, 2.24) is 9.97 Å². The van der Waals surface area contributed by atoms with E-state index in [1.807, 2.05) is 38.1 Å². The molecule has 0 aliphatic carbocycles. The van der Waals surface area contributed by atoms with E-state index < -0.39 is 6.09 Å². The molecule has 2 heterocycles. The zero-order valence-electron chi connectivity index (χ0n) is 19.2. The minimum absolute atomic E-state index is 0.0919. The Morgan fingerprint density at radius 1 is 1.09 bits per heavy atom. The van der Waals surface area contributed by atoms with Crippen LogP contribution >= 0.6 is 0 Å². The molecule has 3 aromatic rings. The van der Waals surface area contributed by atoms with E-state index in [0.717, 1.165) is 22.5 Å². The Morgan fingerprint density at radius 3 is 2.52 bits per heavy atom. The highest BCUT2D eigenvalue weighted by Gasteiger charge is 2.28. The van der Waals surface area contributed by atoms with Crippen LogP contribution in [-0.2, 0) is 4.74 Å². The van der Waals surface area contributed by atoms with Gasteiger partial charge in [-0.1, -0.05) is 0 Å². The van der Waals surface area contributed by atoms with Crippen LogP contribution in [0.1, 0.15) is 20.3 Å². The van der Waals surface area contributed by atoms with Crippen LogP contribution in [0.2, 0.25) is 0 Å². The van der Waals surface area contributed by atoms with Crippen LogP contribution in [0.4, 0.5) is 16.3 Å². The second kappa shape index (κ2) is 9.81. The predicted octanol–water partition coefficient (Wildman–Crippen LogP) is 4.26. The number of carbonyl (C=O) groups is 1. The number of fused-ring (bicyclic) bond motifs is 1. The van der Waals surface area contributed by atoms with Gasteiger partial charge in [0, 0.05) is 30.1 Å². The van der Waals surface area contributed by atoms with Gasteiger partial charge in [0.15, 0.2) is 11.5 Å². The quantitative estimate of drug-likeness (QED) is 0.568. The lowest BCUT2D eigenvalue weighted by atomic mass is 10.2. The van der Waals surface area contributed by atoms with Crippen molar-refractivity contribution in [1.29, 1.82) is 0 Å². The molecule has 4 rings (SSSR count). The molecule has 0 radical (unpaired) electrons. The molecule has 0 saturated carbocycles. The van der Waals surface area contributed by atoms with Crippen LogP contribution < -0.4 is 24.4 Å². The maximum atomic E-state index is 12.4. The molecule has 1 aromatic heterocycles. The molecule has 1 amide bonds. The molecular formula is C24H28N4O5. The molecule has 1 aliphatic rings. The Labute approximate surface area is 192 Å². The smallest absolute Gasteiger partial charge is 0.411 e. The van der Waals surface area contributed by atoms with Crippen LogP contribution in [0.25, 0.3) is 10.9 Å². The fourth-order valence-corrected chi connectivity index (χ4v) is 3.83. The van der Waals surface area contributed by atoms with Gasteiger partial charge in [-0.25, -0.2) is 14.8 Å². The highest BCUT2D eigenvalue weighted by molar-refractivity contribution is 5.92. The van der Waals surface area contributed by atoms with E-state index in [1.54, 1.807) is 26.4 Å². The third-order valence-corrected chi connectivity index (χ3v) is 5.31. The van der Waals surface area contributed by atoms with Crippen LogP contribution in [0.3, 0.4) is 0 Å². The van der Waals surface area contributed by atoms with Crippen molar-refractivity contribution in [3.05, 3.63) is 42.7 Å². The van der Waals surface area contributed by atoms with Crippen LogP contribution in [0, 0.1) is 0 Å². The molecule has 1 N–H and O–H groups in total. The minimum Gasteiger partial charge on any atom is -0.493 e. The van der Waals surface area contributed by atoms with E-state index in [1.165, 1.54) is 6.33 Å². The molecule has 0 bridgehead atoms. The first-order valence-corrected chi connectivity index (χ1v) is 10.8. The van der Waals surface area contributed by atoms with E-state index in [4.69, 9.17) is 18.9 Å². The number of hydrogen-bond acceptors (Lipinski definition) is 8. The van der Waals surface area contributed by atoms with Crippen molar-refractivity contribution < 1.29 is 23.7 Å². The Bertz CT molecular complexity index is 1120. The summed E-state index contributed by atoms with van der Waals surface area (Å²) in [5, 5.41) is 3.62. The number of nitrogens with one attached hydrogen (secondary N) is 1. The van der Waals surface area contributed by atoms with Crippen molar-refractivity contribution in [2.24, 2.45) is 0 Å². The predicted molar refractivity (Wildman–Crippen MR) is 126 cm³/mol. The summed E-state index contributed by atoms with van der Waals surface area (Å²) in [6, 6.07) is 10.9. The average Bonchev–Trinajstić information content (AvgIpc) is 3.26. The zero-order valence-corrected chi connectivity index (χ0v) is 19.2. The minimum atomic E-state index is -0.488. The Balaban J connectivity index is 1.40. The number of nitrogens with zero attached hydrogens (tertiary/aromatic N) is 3. The molecular weight excluding hydrogens is 424 g/mol. The first-order valence-electron chi connectivity index (χ1n) is 10.8. The van der Waals surface area contributed by atoms with E-state index in [-0.39, 0.29) is 12.2 Å². The summed E-state index contributed by atoms with van der Waals surface area (Å²) in [5.41, 5.74) is 1.40. The molecule has 9 heteroatoms. The van der Waals surface area contributed by atoms with Gasteiger partial charge < -0.3 is 23.8 Å². The van der Waals surface area contributed by atoms with Gasteiger partial charge in [0.25, 0.3) is 0 Å². The summed E-state index contributed by atoms with van der Waals surface area (Å²) in [7, 11) is 3.18. The number of rotatable bonds is 7. The van der Waals surface area contributed by atoms with Gasteiger partial charge in [0.2, 0.25) is 0 Å². The Kier molecular flexibility index (Phi) is 6.67. The summed E-state index contributed by atoms with van der Waals surface area (Å²) in [6.45, 7) is 5.17. The van der Waals surface area contributed by atoms with Gasteiger partial charge in [-0.05, 0) is 44.2 Å². The summed E-state index contributed by atoms with van der Waals surface area (Å²) in [4.78, 5) is 23.3. The molecule has 174 valence electrons. The number of amides is 1. The molecule has 1 fully saturated rings. The SMILES string of the molecule is COc1cc2ncnc(N3CCC(OC(=O)Nc4ccc(OC(C)C)cc4)C3)c2cc1OC. The van der Waals surface area contributed by atoms with E-state index in [2.05, 4.69) is 20.2 Å². The van der Waals surface area contributed by atoms with Crippen molar-refractivity contribution in [2.75, 3.05) is 37.5 Å². The van der Waals surface area contributed by atoms with Crippen LogP contribution in [0.15, 0.2) is 42.7 Å². The highest BCUT2D eigenvalue weighted by atomic mass is 16.6. The lowest BCUT2D eigenvalue weighted by Gasteiger charge is -2.20. The third kappa shape index (κ3) is 5.19. The largest absolute Gasteiger partial charge is 0.493 e. The Morgan fingerprint density at radius 2 is 1.82 bits per heavy atom. The van der Waals surface area contributed by atoms with E-state index >= 15 is 0 Å². The fourth-order valence-electron chi connectivity index (χ4n) is 3.83. The maximum absolute atomic E-state index is 12.4. The topological polar surface area (TPSA) is 95.0 Å². The molecule has 1 saturated heterocycles. The highest BCUT2D eigenvalue weighted by Crippen LogP contribution is 2.35. The third-order valence-electron chi connectivity index (χ3n) is 5.31. The number of benzene rings is 2.